The van der Waals surface area contributed by atoms with E-state index in [1.165, 1.54) is 20.8 Å². The molecule has 1 aliphatic rings. The predicted molar refractivity (Wildman–Crippen MR) is 102 cm³/mol. The van der Waals surface area contributed by atoms with Crippen LogP contribution in [0, 0.1) is 0 Å². The Kier molecular flexibility index (Phi) is 7.24. The van der Waals surface area contributed by atoms with Crippen molar-refractivity contribution in [1.82, 2.24) is 0 Å². The molecule has 1 aromatic rings. The number of esters is 3. The lowest BCUT2D eigenvalue weighted by atomic mass is 9.87. The lowest BCUT2D eigenvalue weighted by molar-refractivity contribution is -0.259. The van der Waals surface area contributed by atoms with E-state index < -0.39 is 42.5 Å². The van der Waals surface area contributed by atoms with Crippen molar-refractivity contribution < 1.29 is 38.1 Å². The predicted octanol–water partition coefficient (Wildman–Crippen LogP) is 2.51. The van der Waals surface area contributed by atoms with Crippen LogP contribution in [0.25, 0.3) is 0 Å². The van der Waals surface area contributed by atoms with Crippen molar-refractivity contribution in [3.8, 4) is 5.75 Å². The van der Waals surface area contributed by atoms with Gasteiger partial charge in [-0.2, -0.15) is 0 Å². The van der Waals surface area contributed by atoms with Crippen molar-refractivity contribution in [1.29, 1.82) is 0 Å². The number of benzene rings is 1. The topological polar surface area (TPSA) is 97.4 Å². The Labute approximate surface area is 170 Å². The highest BCUT2D eigenvalue weighted by Crippen LogP contribution is 2.29. The van der Waals surface area contributed by atoms with E-state index in [1.807, 2.05) is 12.1 Å². The van der Waals surface area contributed by atoms with E-state index in [9.17, 15) is 14.4 Å². The lowest BCUT2D eigenvalue weighted by Gasteiger charge is -2.40. The zero-order valence-corrected chi connectivity index (χ0v) is 17.6. The fourth-order valence-electron chi connectivity index (χ4n) is 2.98. The molecule has 8 heteroatoms. The molecular weight excluding hydrogens is 380 g/mol. The summed E-state index contributed by atoms with van der Waals surface area (Å²) in [6.45, 7) is 9.88. The Morgan fingerprint density at radius 3 is 1.86 bits per heavy atom. The van der Waals surface area contributed by atoms with Gasteiger partial charge in [-0.15, -0.1) is 0 Å². The molecule has 1 aliphatic heterocycles. The first kappa shape index (κ1) is 22.7. The second-order valence-electron chi connectivity index (χ2n) is 7.89. The molecule has 0 saturated carbocycles. The summed E-state index contributed by atoms with van der Waals surface area (Å²) < 4.78 is 27.3. The minimum absolute atomic E-state index is 0.0161. The van der Waals surface area contributed by atoms with Gasteiger partial charge in [-0.25, -0.2) is 0 Å². The maximum atomic E-state index is 11.6. The molecule has 1 heterocycles. The summed E-state index contributed by atoms with van der Waals surface area (Å²) in [6.07, 6.45) is -4.15. The number of hydrogen-bond acceptors (Lipinski definition) is 8. The SMILES string of the molecule is CC(=O)O[C@H]1[C@@H](Oc2ccc(C(C)(C)C)cc2)OC[C@@H](OC(C)=O)[C@H]1OC(C)=O. The van der Waals surface area contributed by atoms with Crippen LogP contribution >= 0.6 is 0 Å². The second kappa shape index (κ2) is 9.26. The molecule has 29 heavy (non-hydrogen) atoms. The van der Waals surface area contributed by atoms with Crippen LogP contribution in [0.15, 0.2) is 24.3 Å². The maximum Gasteiger partial charge on any atom is 0.303 e. The molecule has 0 bridgehead atoms. The smallest absolute Gasteiger partial charge is 0.303 e. The number of rotatable bonds is 5. The van der Waals surface area contributed by atoms with Gasteiger partial charge in [0.2, 0.25) is 12.4 Å². The summed E-state index contributed by atoms with van der Waals surface area (Å²) >= 11 is 0. The van der Waals surface area contributed by atoms with Crippen LogP contribution in [-0.2, 0) is 38.7 Å². The van der Waals surface area contributed by atoms with Gasteiger partial charge in [-0.05, 0) is 23.1 Å². The average molecular weight is 408 g/mol. The molecule has 0 radical (unpaired) electrons. The van der Waals surface area contributed by atoms with Crippen LogP contribution in [0.3, 0.4) is 0 Å². The van der Waals surface area contributed by atoms with Crippen LogP contribution < -0.4 is 4.74 Å². The van der Waals surface area contributed by atoms with Gasteiger partial charge in [0.15, 0.2) is 12.2 Å². The van der Waals surface area contributed by atoms with Gasteiger partial charge in [-0.3, -0.25) is 14.4 Å². The summed E-state index contributed by atoms with van der Waals surface area (Å²) in [5, 5.41) is 0. The Morgan fingerprint density at radius 2 is 1.38 bits per heavy atom. The van der Waals surface area contributed by atoms with Crippen molar-refractivity contribution in [3.63, 3.8) is 0 Å². The van der Waals surface area contributed by atoms with Gasteiger partial charge in [-0.1, -0.05) is 32.9 Å². The first-order chi connectivity index (χ1) is 13.5. The molecule has 4 atom stereocenters. The largest absolute Gasteiger partial charge is 0.461 e. The van der Waals surface area contributed by atoms with Gasteiger partial charge in [0.1, 0.15) is 5.75 Å². The Morgan fingerprint density at radius 1 is 0.862 bits per heavy atom. The summed E-state index contributed by atoms with van der Waals surface area (Å²) in [5.74, 6) is -1.31. The van der Waals surface area contributed by atoms with Crippen molar-refractivity contribution in [2.45, 2.75) is 71.6 Å². The van der Waals surface area contributed by atoms with Gasteiger partial charge in [0.05, 0.1) is 6.61 Å². The van der Waals surface area contributed by atoms with E-state index in [-0.39, 0.29) is 12.0 Å². The number of hydrogen-bond donors (Lipinski definition) is 0. The van der Waals surface area contributed by atoms with Crippen LogP contribution in [0.5, 0.6) is 5.75 Å². The van der Waals surface area contributed by atoms with Gasteiger partial charge in [0.25, 0.3) is 0 Å². The summed E-state index contributed by atoms with van der Waals surface area (Å²) in [4.78, 5) is 34.6. The molecule has 1 aromatic carbocycles. The van der Waals surface area contributed by atoms with Crippen molar-refractivity contribution >= 4 is 17.9 Å². The Hall–Kier alpha value is -2.61. The molecule has 0 amide bonds. The van der Waals surface area contributed by atoms with Gasteiger partial charge >= 0.3 is 17.9 Å². The van der Waals surface area contributed by atoms with E-state index in [2.05, 4.69) is 20.8 Å². The molecular formula is C21H28O8. The van der Waals surface area contributed by atoms with Gasteiger partial charge in [0, 0.05) is 20.8 Å². The van der Waals surface area contributed by atoms with Crippen LogP contribution in [0.2, 0.25) is 0 Å². The highest BCUT2D eigenvalue weighted by Gasteiger charge is 2.48. The highest BCUT2D eigenvalue weighted by molar-refractivity contribution is 5.68. The molecule has 2 rings (SSSR count). The normalized spacial score (nSPS) is 24.3. The van der Waals surface area contributed by atoms with E-state index >= 15 is 0 Å². The highest BCUT2D eigenvalue weighted by atomic mass is 16.7. The molecule has 0 aliphatic carbocycles. The zero-order chi connectivity index (χ0) is 21.8. The van der Waals surface area contributed by atoms with E-state index in [4.69, 9.17) is 23.7 Å². The molecule has 0 spiro atoms. The van der Waals surface area contributed by atoms with Gasteiger partial charge < -0.3 is 23.7 Å². The second-order valence-corrected chi connectivity index (χ2v) is 7.89. The van der Waals surface area contributed by atoms with E-state index in [1.54, 1.807) is 12.1 Å². The summed E-state index contributed by atoms with van der Waals surface area (Å²) in [7, 11) is 0. The van der Waals surface area contributed by atoms with Crippen molar-refractivity contribution in [3.05, 3.63) is 29.8 Å². The zero-order valence-electron chi connectivity index (χ0n) is 17.6. The first-order valence-electron chi connectivity index (χ1n) is 9.38. The maximum absolute atomic E-state index is 11.6. The Balaban J connectivity index is 2.25. The minimum Gasteiger partial charge on any atom is -0.461 e. The summed E-state index contributed by atoms with van der Waals surface area (Å²) in [5.41, 5.74) is 1.11. The number of ether oxygens (including phenoxy) is 5. The lowest BCUT2D eigenvalue weighted by Crippen LogP contribution is -2.59. The molecule has 0 aromatic heterocycles. The molecule has 0 unspecified atom stereocenters. The standard InChI is InChI=1S/C21H28O8/c1-12(22)26-17-11-25-20(19(28-14(3)24)18(17)27-13(2)23)29-16-9-7-15(8-10-16)21(4,5)6/h7-10,17-20H,11H2,1-6H3/t17-,18-,19-,20-/m1/s1. The average Bonchev–Trinajstić information content (AvgIpc) is 2.58. The molecule has 8 nitrogen and oxygen atoms in total. The first-order valence-corrected chi connectivity index (χ1v) is 9.38. The molecule has 0 N–H and O–H groups in total. The Bertz CT molecular complexity index is 734. The molecule has 1 fully saturated rings. The molecule has 1 saturated heterocycles. The third kappa shape index (κ3) is 6.45. The fourth-order valence-corrected chi connectivity index (χ4v) is 2.98. The summed E-state index contributed by atoms with van der Waals surface area (Å²) in [6, 6.07) is 7.44. The van der Waals surface area contributed by atoms with Crippen LogP contribution in [-0.4, -0.2) is 49.1 Å². The number of carbonyl (C=O) groups excluding carboxylic acids is 3. The van der Waals surface area contributed by atoms with Crippen LogP contribution in [0.4, 0.5) is 0 Å². The molecule has 160 valence electrons. The monoisotopic (exact) mass is 408 g/mol. The number of carbonyl (C=O) groups is 3. The third-order valence-electron chi connectivity index (χ3n) is 4.28. The van der Waals surface area contributed by atoms with Crippen LogP contribution in [0.1, 0.15) is 47.1 Å². The van der Waals surface area contributed by atoms with Crippen molar-refractivity contribution in [2.24, 2.45) is 0 Å². The van der Waals surface area contributed by atoms with E-state index in [0.717, 1.165) is 5.56 Å². The van der Waals surface area contributed by atoms with Crippen molar-refractivity contribution in [2.75, 3.05) is 6.61 Å². The minimum atomic E-state index is -1.11. The van der Waals surface area contributed by atoms with E-state index in [0.29, 0.717) is 5.75 Å². The third-order valence-corrected chi connectivity index (χ3v) is 4.28. The fraction of sp³-hybridized carbons (Fsp3) is 0.571. The quantitative estimate of drug-likeness (QED) is 0.542.